The Bertz CT molecular complexity index is 608. The molecule has 0 radical (unpaired) electrons. The van der Waals surface area contributed by atoms with Gasteiger partial charge in [-0.3, -0.25) is 14.7 Å². The first-order chi connectivity index (χ1) is 10.1. The number of pyridine rings is 1. The molecule has 0 atom stereocenters. The number of aromatic nitrogens is 1. The maximum Gasteiger partial charge on any atom is 0.177 e. The second-order valence-corrected chi connectivity index (χ2v) is 5.37. The number of likely N-dealkylation sites (N-methyl/N-ethyl adjacent to an activating group) is 1. The summed E-state index contributed by atoms with van der Waals surface area (Å²) >= 11 is 0. The van der Waals surface area contributed by atoms with Crippen molar-refractivity contribution >= 4 is 5.78 Å². The highest BCUT2D eigenvalue weighted by Gasteiger charge is 2.14. The van der Waals surface area contributed by atoms with Gasteiger partial charge in [-0.1, -0.05) is 30.7 Å². The number of Topliss-reactive ketones (excluding diaryl/α,β-unsaturated/α-hetero) is 1. The van der Waals surface area contributed by atoms with E-state index in [0.29, 0.717) is 13.1 Å². The minimum Gasteiger partial charge on any atom is -0.293 e. The third-order valence-corrected chi connectivity index (χ3v) is 3.62. The fraction of sp³-hybridized carbons (Fsp3) is 0.333. The van der Waals surface area contributed by atoms with Crippen LogP contribution < -0.4 is 0 Å². The quantitative estimate of drug-likeness (QED) is 0.761. The van der Waals surface area contributed by atoms with Crippen LogP contribution in [0.3, 0.4) is 0 Å². The first kappa shape index (κ1) is 15.4. The second-order valence-electron chi connectivity index (χ2n) is 5.37. The molecule has 0 fully saturated rings. The maximum atomic E-state index is 12.5. The molecule has 0 saturated heterocycles. The van der Waals surface area contributed by atoms with E-state index in [2.05, 4.69) is 16.8 Å². The van der Waals surface area contributed by atoms with Gasteiger partial charge >= 0.3 is 0 Å². The maximum absolute atomic E-state index is 12.5. The summed E-state index contributed by atoms with van der Waals surface area (Å²) in [6, 6.07) is 11.9. The molecule has 0 aliphatic carbocycles. The van der Waals surface area contributed by atoms with E-state index < -0.39 is 0 Å². The molecule has 110 valence electrons. The van der Waals surface area contributed by atoms with Gasteiger partial charge in [0.25, 0.3) is 0 Å². The van der Waals surface area contributed by atoms with Gasteiger partial charge in [0.2, 0.25) is 0 Å². The summed E-state index contributed by atoms with van der Waals surface area (Å²) in [4.78, 5) is 19.0. The molecule has 0 aliphatic heterocycles. The minimum atomic E-state index is 0.175. The monoisotopic (exact) mass is 282 g/mol. The number of carbonyl (C=O) groups is 1. The lowest BCUT2D eigenvalue weighted by Gasteiger charge is -2.19. The van der Waals surface area contributed by atoms with E-state index in [4.69, 9.17) is 0 Å². The van der Waals surface area contributed by atoms with Crippen LogP contribution in [0.4, 0.5) is 0 Å². The molecule has 1 heterocycles. The lowest BCUT2D eigenvalue weighted by molar-refractivity contribution is 0.0928. The molecule has 0 unspecified atom stereocenters. The molecule has 0 saturated carbocycles. The number of aryl methyl sites for hydroxylation is 2. The number of rotatable bonds is 6. The summed E-state index contributed by atoms with van der Waals surface area (Å²) in [6.45, 7) is 8.03. The normalized spacial score (nSPS) is 10.9. The lowest BCUT2D eigenvalue weighted by Crippen LogP contribution is -2.30. The molecule has 0 amide bonds. The summed E-state index contributed by atoms with van der Waals surface area (Å²) in [5.74, 6) is 0.175. The predicted molar refractivity (Wildman–Crippen MR) is 85.4 cm³/mol. The van der Waals surface area contributed by atoms with Crippen molar-refractivity contribution in [2.75, 3.05) is 13.1 Å². The molecule has 0 bridgehead atoms. The fourth-order valence-corrected chi connectivity index (χ4v) is 2.32. The average Bonchev–Trinajstić information content (AvgIpc) is 2.50. The molecular weight excluding hydrogens is 260 g/mol. The largest absolute Gasteiger partial charge is 0.293 e. The standard InChI is InChI=1S/C18H22N2O/c1-4-20(12-16-7-5-6-10-19-16)13-18(21)17-11-14(2)8-9-15(17)3/h5-11H,4,12-13H2,1-3H3. The molecule has 2 rings (SSSR count). The molecule has 1 aromatic heterocycles. The van der Waals surface area contributed by atoms with Crippen LogP contribution in [0.1, 0.15) is 34.1 Å². The first-order valence-corrected chi connectivity index (χ1v) is 7.33. The van der Waals surface area contributed by atoms with E-state index in [1.807, 2.05) is 50.2 Å². The Balaban J connectivity index is 2.07. The van der Waals surface area contributed by atoms with Gasteiger partial charge in [-0.05, 0) is 44.2 Å². The average molecular weight is 282 g/mol. The van der Waals surface area contributed by atoms with Crippen molar-refractivity contribution in [3.8, 4) is 0 Å². The summed E-state index contributed by atoms with van der Waals surface area (Å²) in [5, 5.41) is 0. The summed E-state index contributed by atoms with van der Waals surface area (Å²) in [6.07, 6.45) is 1.79. The molecule has 3 heteroatoms. The van der Waals surface area contributed by atoms with Crippen LogP contribution in [0.2, 0.25) is 0 Å². The molecule has 1 aromatic carbocycles. The van der Waals surface area contributed by atoms with Gasteiger partial charge in [0.05, 0.1) is 12.2 Å². The molecular formula is C18H22N2O. The van der Waals surface area contributed by atoms with E-state index in [0.717, 1.165) is 28.9 Å². The topological polar surface area (TPSA) is 33.2 Å². The number of hydrogen-bond donors (Lipinski definition) is 0. The molecule has 0 N–H and O–H groups in total. The summed E-state index contributed by atoms with van der Waals surface area (Å²) < 4.78 is 0. The van der Waals surface area contributed by atoms with Crippen LogP contribution in [-0.4, -0.2) is 28.8 Å². The fourth-order valence-electron chi connectivity index (χ4n) is 2.32. The van der Waals surface area contributed by atoms with Crippen molar-refractivity contribution < 1.29 is 4.79 Å². The number of hydrogen-bond acceptors (Lipinski definition) is 3. The van der Waals surface area contributed by atoms with E-state index in [-0.39, 0.29) is 5.78 Å². The van der Waals surface area contributed by atoms with Gasteiger partial charge in [-0.25, -0.2) is 0 Å². The van der Waals surface area contributed by atoms with Gasteiger partial charge in [-0.15, -0.1) is 0 Å². The Kier molecular flexibility index (Phi) is 5.23. The number of carbonyl (C=O) groups excluding carboxylic acids is 1. The number of nitrogens with zero attached hydrogens (tertiary/aromatic N) is 2. The number of benzene rings is 1. The van der Waals surface area contributed by atoms with E-state index in [9.17, 15) is 4.79 Å². The van der Waals surface area contributed by atoms with Crippen molar-refractivity contribution in [2.45, 2.75) is 27.3 Å². The van der Waals surface area contributed by atoms with Gasteiger partial charge in [-0.2, -0.15) is 0 Å². The van der Waals surface area contributed by atoms with Gasteiger partial charge in [0.1, 0.15) is 0 Å². The van der Waals surface area contributed by atoms with Crippen LogP contribution in [0.5, 0.6) is 0 Å². The zero-order chi connectivity index (χ0) is 15.2. The van der Waals surface area contributed by atoms with Gasteiger partial charge in [0.15, 0.2) is 5.78 Å². The SMILES string of the molecule is CCN(CC(=O)c1cc(C)ccc1C)Cc1ccccn1. The zero-order valence-electron chi connectivity index (χ0n) is 13.0. The smallest absolute Gasteiger partial charge is 0.177 e. The van der Waals surface area contributed by atoms with Crippen LogP contribution >= 0.6 is 0 Å². The van der Waals surface area contributed by atoms with Gasteiger partial charge < -0.3 is 0 Å². The molecule has 0 aliphatic rings. The highest BCUT2D eigenvalue weighted by atomic mass is 16.1. The minimum absolute atomic E-state index is 0.175. The van der Waals surface area contributed by atoms with Crippen molar-refractivity contribution in [1.29, 1.82) is 0 Å². The van der Waals surface area contributed by atoms with Crippen molar-refractivity contribution in [3.63, 3.8) is 0 Å². The van der Waals surface area contributed by atoms with Crippen molar-refractivity contribution in [3.05, 3.63) is 65.0 Å². The number of ketones is 1. The summed E-state index contributed by atoms with van der Waals surface area (Å²) in [7, 11) is 0. The highest BCUT2D eigenvalue weighted by Crippen LogP contribution is 2.12. The lowest BCUT2D eigenvalue weighted by atomic mass is 10.0. The molecule has 3 nitrogen and oxygen atoms in total. The molecule has 21 heavy (non-hydrogen) atoms. The highest BCUT2D eigenvalue weighted by molar-refractivity contribution is 5.99. The molecule has 0 spiro atoms. The van der Waals surface area contributed by atoms with Crippen LogP contribution in [0.25, 0.3) is 0 Å². The first-order valence-electron chi connectivity index (χ1n) is 7.33. The van der Waals surface area contributed by atoms with Crippen LogP contribution in [0, 0.1) is 13.8 Å². The summed E-state index contributed by atoms with van der Waals surface area (Å²) in [5.41, 5.74) is 3.98. The Morgan fingerprint density at radius 2 is 2.00 bits per heavy atom. The Hall–Kier alpha value is -2.00. The van der Waals surface area contributed by atoms with Crippen LogP contribution in [0.15, 0.2) is 42.6 Å². The van der Waals surface area contributed by atoms with Gasteiger partial charge in [0, 0.05) is 18.3 Å². The predicted octanol–water partition coefficient (Wildman–Crippen LogP) is 3.40. The Morgan fingerprint density at radius 1 is 1.19 bits per heavy atom. The van der Waals surface area contributed by atoms with Crippen LogP contribution in [-0.2, 0) is 6.54 Å². The third kappa shape index (κ3) is 4.23. The van der Waals surface area contributed by atoms with E-state index in [1.54, 1.807) is 6.20 Å². The van der Waals surface area contributed by atoms with Crippen molar-refractivity contribution in [1.82, 2.24) is 9.88 Å². The Labute approximate surface area is 126 Å². The van der Waals surface area contributed by atoms with E-state index in [1.165, 1.54) is 0 Å². The second kappa shape index (κ2) is 7.14. The van der Waals surface area contributed by atoms with E-state index >= 15 is 0 Å². The van der Waals surface area contributed by atoms with Crippen molar-refractivity contribution in [2.24, 2.45) is 0 Å². The zero-order valence-corrected chi connectivity index (χ0v) is 13.0. The molecule has 2 aromatic rings. The third-order valence-electron chi connectivity index (χ3n) is 3.62. The Morgan fingerprint density at radius 3 is 2.67 bits per heavy atom.